The lowest BCUT2D eigenvalue weighted by atomic mass is 10.2. The van der Waals surface area contributed by atoms with Crippen molar-refractivity contribution in [1.82, 2.24) is 14.3 Å². The van der Waals surface area contributed by atoms with Crippen molar-refractivity contribution in [3.8, 4) is 22.9 Å². The van der Waals surface area contributed by atoms with Gasteiger partial charge < -0.3 is 14.0 Å². The van der Waals surface area contributed by atoms with Crippen LogP contribution in [0.1, 0.15) is 10.5 Å². The number of nitrogens with one attached hydrogen (secondary N) is 1. The van der Waals surface area contributed by atoms with E-state index in [9.17, 15) is 22.0 Å². The zero-order valence-electron chi connectivity index (χ0n) is 16.1. The van der Waals surface area contributed by atoms with Gasteiger partial charge in [-0.1, -0.05) is 12.1 Å². The Morgan fingerprint density at radius 2 is 1.57 bits per heavy atom. The molecule has 0 unspecified atom stereocenters. The number of imidazole rings is 1. The highest BCUT2D eigenvalue weighted by Gasteiger charge is 2.28. The highest BCUT2D eigenvalue weighted by molar-refractivity contribution is 7.90. The third-order valence-corrected chi connectivity index (χ3v) is 5.57. The van der Waals surface area contributed by atoms with Crippen molar-refractivity contribution >= 4 is 15.9 Å². The maximum Gasteiger partial charge on any atom is 0.285 e. The first-order chi connectivity index (χ1) is 14.2. The molecule has 0 bridgehead atoms. The van der Waals surface area contributed by atoms with Crippen LogP contribution in [0.2, 0.25) is 0 Å². The Morgan fingerprint density at radius 3 is 2.10 bits per heavy atom. The van der Waals surface area contributed by atoms with Crippen molar-refractivity contribution in [3.05, 3.63) is 59.9 Å². The van der Waals surface area contributed by atoms with Gasteiger partial charge in [-0.05, 0) is 24.3 Å². The van der Waals surface area contributed by atoms with Crippen LogP contribution in [0, 0.1) is 11.6 Å². The van der Waals surface area contributed by atoms with Gasteiger partial charge in [0, 0.05) is 13.2 Å². The van der Waals surface area contributed by atoms with Gasteiger partial charge in [0.1, 0.15) is 34.7 Å². The monoisotopic (exact) mass is 437 g/mol. The highest BCUT2D eigenvalue weighted by atomic mass is 32.2. The van der Waals surface area contributed by atoms with E-state index in [0.717, 1.165) is 18.3 Å². The molecule has 8 nitrogen and oxygen atoms in total. The number of sulfonamides is 1. The van der Waals surface area contributed by atoms with Crippen molar-refractivity contribution in [3.63, 3.8) is 0 Å². The molecule has 0 aliphatic carbocycles. The zero-order valence-corrected chi connectivity index (χ0v) is 17.0. The van der Waals surface area contributed by atoms with Crippen molar-refractivity contribution < 1.29 is 31.5 Å². The minimum atomic E-state index is -4.42. The van der Waals surface area contributed by atoms with E-state index in [1.165, 1.54) is 50.1 Å². The topological polar surface area (TPSA) is 99.5 Å². The number of halogens is 2. The first-order valence-corrected chi connectivity index (χ1v) is 9.93. The molecule has 0 aliphatic heterocycles. The number of amides is 1. The molecular formula is C19H17F2N3O5S. The number of aromatic nitrogens is 2. The number of hydrogen-bond acceptors (Lipinski definition) is 6. The summed E-state index contributed by atoms with van der Waals surface area (Å²) in [5, 5.41) is 0. The Labute approximate surface area is 171 Å². The van der Waals surface area contributed by atoms with Gasteiger partial charge in [-0.2, -0.15) is 0 Å². The molecular weight excluding hydrogens is 420 g/mol. The van der Waals surface area contributed by atoms with Crippen LogP contribution in [-0.4, -0.2) is 38.1 Å². The molecule has 0 atom stereocenters. The van der Waals surface area contributed by atoms with E-state index in [2.05, 4.69) is 4.98 Å². The van der Waals surface area contributed by atoms with Gasteiger partial charge in [0.15, 0.2) is 4.90 Å². The minimum absolute atomic E-state index is 0.0372. The fourth-order valence-corrected chi connectivity index (χ4v) is 4.11. The maximum absolute atomic E-state index is 14.1. The molecule has 3 rings (SSSR count). The number of benzene rings is 2. The third-order valence-electron chi connectivity index (χ3n) is 4.17. The summed E-state index contributed by atoms with van der Waals surface area (Å²) in [4.78, 5) is 16.1. The average molecular weight is 437 g/mol. The van der Waals surface area contributed by atoms with Crippen molar-refractivity contribution in [1.29, 1.82) is 0 Å². The van der Waals surface area contributed by atoms with Gasteiger partial charge in [-0.25, -0.2) is 26.9 Å². The molecule has 11 heteroatoms. The van der Waals surface area contributed by atoms with Crippen molar-refractivity contribution in [2.45, 2.75) is 4.90 Å². The SMILES string of the molecule is COc1cccc(OC)c1S(=O)(=O)NC(=O)c1cn(C)c(-c2c(F)cccc2F)n1. The maximum atomic E-state index is 14.1. The van der Waals surface area contributed by atoms with Gasteiger partial charge >= 0.3 is 0 Å². The first-order valence-electron chi connectivity index (χ1n) is 8.45. The second-order valence-corrected chi connectivity index (χ2v) is 7.70. The number of nitrogens with zero attached hydrogens (tertiary/aromatic N) is 2. The summed E-state index contributed by atoms with van der Waals surface area (Å²) < 4.78 is 66.9. The number of ether oxygens (including phenoxy) is 2. The fraction of sp³-hybridized carbons (Fsp3) is 0.158. The first kappa shape index (κ1) is 21.2. The van der Waals surface area contributed by atoms with Crippen LogP contribution >= 0.6 is 0 Å². The zero-order chi connectivity index (χ0) is 22.1. The summed E-state index contributed by atoms with van der Waals surface area (Å²) in [6.07, 6.45) is 1.16. The Hall–Kier alpha value is -3.47. The van der Waals surface area contributed by atoms with E-state index < -0.39 is 33.1 Å². The lowest BCUT2D eigenvalue weighted by Crippen LogP contribution is -2.31. The highest BCUT2D eigenvalue weighted by Crippen LogP contribution is 2.33. The second kappa shape index (κ2) is 8.11. The van der Waals surface area contributed by atoms with Crippen LogP contribution < -0.4 is 14.2 Å². The number of rotatable bonds is 6. The van der Waals surface area contributed by atoms with Crippen LogP contribution in [0.25, 0.3) is 11.4 Å². The van der Waals surface area contributed by atoms with E-state index in [4.69, 9.17) is 9.47 Å². The molecule has 0 radical (unpaired) electrons. The van der Waals surface area contributed by atoms with Gasteiger partial charge in [0.05, 0.1) is 19.8 Å². The number of hydrogen-bond donors (Lipinski definition) is 1. The smallest absolute Gasteiger partial charge is 0.285 e. The molecule has 2 aromatic carbocycles. The van der Waals surface area contributed by atoms with E-state index >= 15 is 0 Å². The van der Waals surface area contributed by atoms with Gasteiger partial charge in [-0.3, -0.25) is 4.79 Å². The molecule has 0 saturated carbocycles. The molecule has 1 N–H and O–H groups in total. The van der Waals surface area contributed by atoms with E-state index in [1.807, 2.05) is 4.72 Å². The van der Waals surface area contributed by atoms with Gasteiger partial charge in [0.2, 0.25) is 0 Å². The Morgan fingerprint density at radius 1 is 1.03 bits per heavy atom. The largest absolute Gasteiger partial charge is 0.495 e. The van der Waals surface area contributed by atoms with Gasteiger partial charge in [0.25, 0.3) is 15.9 Å². The quantitative estimate of drug-likeness (QED) is 0.636. The molecule has 0 aliphatic rings. The number of methoxy groups -OCH3 is 2. The lowest BCUT2D eigenvalue weighted by Gasteiger charge is -2.13. The molecule has 0 spiro atoms. The molecule has 3 aromatic rings. The molecule has 0 saturated heterocycles. The predicted molar refractivity (Wildman–Crippen MR) is 103 cm³/mol. The van der Waals surface area contributed by atoms with Gasteiger partial charge in [-0.15, -0.1) is 0 Å². The summed E-state index contributed by atoms with van der Waals surface area (Å²) in [6, 6.07) is 7.59. The summed E-state index contributed by atoms with van der Waals surface area (Å²) in [6.45, 7) is 0. The molecule has 0 fully saturated rings. The Kier molecular flexibility index (Phi) is 5.74. The number of aryl methyl sites for hydroxylation is 1. The van der Waals surface area contributed by atoms with E-state index in [0.29, 0.717) is 0 Å². The van der Waals surface area contributed by atoms with Crippen LogP contribution in [-0.2, 0) is 17.1 Å². The van der Waals surface area contributed by atoms with Crippen LogP contribution in [0.15, 0.2) is 47.5 Å². The molecule has 30 heavy (non-hydrogen) atoms. The van der Waals surface area contributed by atoms with E-state index in [-0.39, 0.29) is 27.9 Å². The number of carbonyl (C=O) groups is 1. The summed E-state index contributed by atoms with van der Waals surface area (Å²) in [7, 11) is -0.470. The predicted octanol–water partition coefficient (Wildman–Crippen LogP) is 2.50. The second-order valence-electron chi connectivity index (χ2n) is 6.08. The number of carbonyl (C=O) groups excluding carboxylic acids is 1. The Balaban J connectivity index is 1.98. The summed E-state index contributed by atoms with van der Waals surface area (Å²) in [5.41, 5.74) is -0.791. The van der Waals surface area contributed by atoms with Crippen LogP contribution in [0.5, 0.6) is 11.5 Å². The normalized spacial score (nSPS) is 11.2. The molecule has 1 heterocycles. The lowest BCUT2D eigenvalue weighted by molar-refractivity contribution is 0.0977. The van der Waals surface area contributed by atoms with E-state index in [1.54, 1.807) is 0 Å². The average Bonchev–Trinajstić information content (AvgIpc) is 3.08. The fourth-order valence-electron chi connectivity index (χ4n) is 2.83. The van der Waals surface area contributed by atoms with Crippen molar-refractivity contribution in [2.75, 3.05) is 14.2 Å². The van der Waals surface area contributed by atoms with Crippen molar-refractivity contribution in [2.24, 2.45) is 7.05 Å². The van der Waals surface area contributed by atoms with Crippen LogP contribution in [0.3, 0.4) is 0 Å². The standard InChI is InChI=1S/C19H17F2N3O5S/c1-24-10-13(22-18(24)16-11(20)6-4-7-12(16)21)19(25)23-30(26,27)17-14(28-2)8-5-9-15(17)29-3/h4-10H,1-3H3,(H,23,25). The summed E-state index contributed by atoms with van der Waals surface area (Å²) in [5.74, 6) is -3.09. The Bertz CT molecular complexity index is 1180. The van der Waals surface area contributed by atoms with Crippen LogP contribution in [0.4, 0.5) is 8.78 Å². The molecule has 1 aromatic heterocycles. The summed E-state index contributed by atoms with van der Waals surface area (Å²) >= 11 is 0. The third kappa shape index (κ3) is 3.83. The molecule has 1 amide bonds. The minimum Gasteiger partial charge on any atom is -0.495 e. The molecule has 158 valence electrons.